The average molecular weight is 483 g/mol. The zero-order valence-electron chi connectivity index (χ0n) is 18.1. The summed E-state index contributed by atoms with van der Waals surface area (Å²) in [6.07, 6.45) is 1.19. The number of aryl methyl sites for hydroxylation is 2. The van der Waals surface area contributed by atoms with Gasteiger partial charge in [0, 0.05) is 26.2 Å². The minimum absolute atomic E-state index is 0.0861. The first kappa shape index (κ1) is 23.0. The second kappa shape index (κ2) is 9.38. The molecule has 2 aliphatic heterocycles. The minimum Gasteiger partial charge on any atom is -0.378 e. The number of halogens is 1. The number of carbonyl (C=O) groups is 1. The molecule has 0 saturated carbocycles. The molecule has 0 aliphatic carbocycles. The third-order valence-electron chi connectivity index (χ3n) is 5.89. The van der Waals surface area contributed by atoms with E-state index in [4.69, 9.17) is 20.9 Å². The molecule has 11 heteroatoms. The lowest BCUT2D eigenvalue weighted by atomic mass is 9.98. The second-order valence-electron chi connectivity index (χ2n) is 8.08. The zero-order chi connectivity index (χ0) is 22.9. The average Bonchev–Trinajstić information content (AvgIpc) is 3.13. The normalized spacial score (nSPS) is 20.3. The van der Waals surface area contributed by atoms with Crippen molar-refractivity contribution in [2.24, 2.45) is 5.92 Å². The summed E-state index contributed by atoms with van der Waals surface area (Å²) in [4.78, 5) is 15.3. The standard InChI is InChI=1S/C21H27ClN4O5S/c1-14-20(15(2)31-24-14)32(28,29)26-8-4-5-16(13-26)21(27)23-18-7-3-6-17(22)19(18)25-9-11-30-12-10-25/h3,6-7,16H,4-5,8-13H2,1-2H3,(H,23,27)/t16-/m0/s1. The molecule has 1 N–H and O–H groups in total. The molecule has 2 aromatic rings. The minimum atomic E-state index is -3.80. The molecule has 1 aromatic heterocycles. The number of rotatable bonds is 5. The van der Waals surface area contributed by atoms with E-state index in [2.05, 4.69) is 15.4 Å². The number of benzene rings is 1. The maximum atomic E-state index is 13.2. The summed E-state index contributed by atoms with van der Waals surface area (Å²) in [6, 6.07) is 5.40. The van der Waals surface area contributed by atoms with Gasteiger partial charge in [-0.2, -0.15) is 4.31 Å². The van der Waals surface area contributed by atoms with E-state index in [9.17, 15) is 13.2 Å². The monoisotopic (exact) mass is 482 g/mol. The fraction of sp³-hybridized carbons (Fsp3) is 0.524. The summed E-state index contributed by atoms with van der Waals surface area (Å²) < 4.78 is 38.2. The number of para-hydroxylation sites is 1. The molecule has 1 atom stereocenters. The molecule has 174 valence electrons. The summed E-state index contributed by atoms with van der Waals surface area (Å²) in [7, 11) is -3.80. The number of anilines is 2. The molecule has 32 heavy (non-hydrogen) atoms. The van der Waals surface area contributed by atoms with Crippen LogP contribution in [-0.4, -0.2) is 63.2 Å². The van der Waals surface area contributed by atoms with Gasteiger partial charge in [0.1, 0.15) is 10.6 Å². The van der Waals surface area contributed by atoms with Gasteiger partial charge in [-0.05, 0) is 38.8 Å². The van der Waals surface area contributed by atoms with Crippen molar-refractivity contribution in [3.63, 3.8) is 0 Å². The van der Waals surface area contributed by atoms with Gasteiger partial charge in [-0.15, -0.1) is 0 Å². The number of aromatic nitrogens is 1. The molecule has 1 amide bonds. The molecule has 3 heterocycles. The van der Waals surface area contributed by atoms with Crippen molar-refractivity contribution in [3.8, 4) is 0 Å². The van der Waals surface area contributed by atoms with Crippen molar-refractivity contribution in [1.82, 2.24) is 9.46 Å². The van der Waals surface area contributed by atoms with E-state index in [0.29, 0.717) is 62.1 Å². The Morgan fingerprint density at radius 3 is 2.66 bits per heavy atom. The lowest BCUT2D eigenvalue weighted by molar-refractivity contribution is -0.120. The van der Waals surface area contributed by atoms with Crippen LogP contribution in [0.4, 0.5) is 11.4 Å². The van der Waals surface area contributed by atoms with Crippen LogP contribution in [0.3, 0.4) is 0 Å². The van der Waals surface area contributed by atoms with E-state index in [0.717, 1.165) is 5.69 Å². The number of nitrogens with zero attached hydrogens (tertiary/aromatic N) is 3. The Bertz CT molecular complexity index is 1080. The highest BCUT2D eigenvalue weighted by atomic mass is 35.5. The fourth-order valence-corrected chi connectivity index (χ4v) is 6.42. The van der Waals surface area contributed by atoms with E-state index in [1.807, 2.05) is 6.07 Å². The molecule has 0 bridgehead atoms. The van der Waals surface area contributed by atoms with Crippen LogP contribution in [0.2, 0.25) is 5.02 Å². The number of nitrogens with one attached hydrogen (secondary N) is 1. The number of amides is 1. The topological polar surface area (TPSA) is 105 Å². The lowest BCUT2D eigenvalue weighted by Gasteiger charge is -2.33. The van der Waals surface area contributed by atoms with Gasteiger partial charge in [-0.3, -0.25) is 4.79 Å². The largest absolute Gasteiger partial charge is 0.378 e. The quantitative estimate of drug-likeness (QED) is 0.698. The molecule has 0 unspecified atom stereocenters. The van der Waals surface area contributed by atoms with Crippen molar-refractivity contribution >= 4 is 38.9 Å². The second-order valence-corrected chi connectivity index (χ2v) is 10.4. The predicted molar refractivity (Wildman–Crippen MR) is 121 cm³/mol. The zero-order valence-corrected chi connectivity index (χ0v) is 19.7. The Morgan fingerprint density at radius 1 is 1.22 bits per heavy atom. The highest BCUT2D eigenvalue weighted by Gasteiger charge is 2.36. The van der Waals surface area contributed by atoms with Crippen molar-refractivity contribution in [1.29, 1.82) is 0 Å². The first-order valence-corrected chi connectivity index (χ1v) is 12.5. The summed E-state index contributed by atoms with van der Waals surface area (Å²) in [5.41, 5.74) is 1.71. The maximum absolute atomic E-state index is 13.2. The van der Waals surface area contributed by atoms with Crippen molar-refractivity contribution in [3.05, 3.63) is 34.7 Å². The van der Waals surface area contributed by atoms with Crippen LogP contribution in [0.5, 0.6) is 0 Å². The number of sulfonamides is 1. The molecule has 0 radical (unpaired) electrons. The van der Waals surface area contributed by atoms with Gasteiger partial charge in [0.05, 0.1) is 35.5 Å². The molecule has 2 fully saturated rings. The molecule has 2 saturated heterocycles. The van der Waals surface area contributed by atoms with Crippen LogP contribution in [0.1, 0.15) is 24.3 Å². The van der Waals surface area contributed by atoms with Gasteiger partial charge >= 0.3 is 0 Å². The Hall–Kier alpha value is -2.14. The van der Waals surface area contributed by atoms with Gasteiger partial charge in [0.2, 0.25) is 15.9 Å². The van der Waals surface area contributed by atoms with Crippen molar-refractivity contribution < 1.29 is 22.5 Å². The summed E-state index contributed by atoms with van der Waals surface area (Å²) in [5, 5.41) is 7.30. The number of hydrogen-bond acceptors (Lipinski definition) is 7. The van der Waals surface area contributed by atoms with Gasteiger partial charge in [0.15, 0.2) is 5.76 Å². The molecular formula is C21H27ClN4O5S. The molecule has 9 nitrogen and oxygen atoms in total. The molecule has 1 aromatic carbocycles. The Balaban J connectivity index is 1.52. The van der Waals surface area contributed by atoms with Crippen LogP contribution in [0.25, 0.3) is 0 Å². The summed E-state index contributed by atoms with van der Waals surface area (Å²) in [5.74, 6) is -0.445. The van der Waals surface area contributed by atoms with Crippen LogP contribution < -0.4 is 10.2 Å². The van der Waals surface area contributed by atoms with Gasteiger partial charge in [0.25, 0.3) is 0 Å². The highest BCUT2D eigenvalue weighted by molar-refractivity contribution is 7.89. The molecular weight excluding hydrogens is 456 g/mol. The van der Waals surface area contributed by atoms with Crippen molar-refractivity contribution in [2.75, 3.05) is 49.6 Å². The maximum Gasteiger partial charge on any atom is 0.248 e. The Morgan fingerprint density at radius 2 is 1.97 bits per heavy atom. The summed E-state index contributed by atoms with van der Waals surface area (Å²) in [6.45, 7) is 6.18. The Labute approximate surface area is 192 Å². The predicted octanol–water partition coefficient (Wildman–Crippen LogP) is 2.82. The fourth-order valence-electron chi connectivity index (χ4n) is 4.31. The van der Waals surface area contributed by atoms with E-state index in [1.165, 1.54) is 4.31 Å². The van der Waals surface area contributed by atoms with E-state index in [1.54, 1.807) is 26.0 Å². The van der Waals surface area contributed by atoms with Gasteiger partial charge in [-0.25, -0.2) is 8.42 Å². The number of carbonyl (C=O) groups excluding carboxylic acids is 1. The van der Waals surface area contributed by atoms with Crippen LogP contribution in [0.15, 0.2) is 27.6 Å². The Kier molecular flexibility index (Phi) is 6.75. The third-order valence-corrected chi connectivity index (χ3v) is 8.31. The van der Waals surface area contributed by atoms with Crippen LogP contribution in [0, 0.1) is 19.8 Å². The third kappa shape index (κ3) is 4.50. The summed E-state index contributed by atoms with van der Waals surface area (Å²) >= 11 is 6.47. The lowest BCUT2D eigenvalue weighted by Crippen LogP contribution is -2.44. The molecule has 2 aliphatic rings. The first-order valence-electron chi connectivity index (χ1n) is 10.6. The number of hydrogen-bond donors (Lipinski definition) is 1. The van der Waals surface area contributed by atoms with Gasteiger partial charge in [-0.1, -0.05) is 22.8 Å². The smallest absolute Gasteiger partial charge is 0.248 e. The highest BCUT2D eigenvalue weighted by Crippen LogP contribution is 2.35. The molecule has 0 spiro atoms. The van der Waals surface area contributed by atoms with Crippen LogP contribution >= 0.6 is 11.6 Å². The number of ether oxygens (including phenoxy) is 1. The van der Waals surface area contributed by atoms with Gasteiger partial charge < -0.3 is 19.5 Å². The number of morpholine rings is 1. The SMILES string of the molecule is Cc1noc(C)c1S(=O)(=O)N1CCC[C@H](C(=O)Nc2cccc(Cl)c2N2CCOCC2)C1. The van der Waals surface area contributed by atoms with E-state index >= 15 is 0 Å². The van der Waals surface area contributed by atoms with E-state index in [-0.39, 0.29) is 23.1 Å². The first-order chi connectivity index (χ1) is 15.3. The number of piperidine rings is 1. The van der Waals surface area contributed by atoms with E-state index < -0.39 is 15.9 Å². The molecule has 4 rings (SSSR count). The van der Waals surface area contributed by atoms with Crippen LogP contribution in [-0.2, 0) is 19.6 Å². The van der Waals surface area contributed by atoms with Crippen molar-refractivity contribution in [2.45, 2.75) is 31.6 Å².